The molecule has 1 N–H and O–H groups in total. The molecule has 0 saturated carbocycles. The molecule has 2 heterocycles. The predicted molar refractivity (Wildman–Crippen MR) is 213 cm³/mol. The van der Waals surface area contributed by atoms with Gasteiger partial charge in [-0.1, -0.05) is 115 Å². The van der Waals surface area contributed by atoms with Gasteiger partial charge in [0.2, 0.25) is 0 Å². The number of benzene rings is 8. The van der Waals surface area contributed by atoms with E-state index in [0.29, 0.717) is 0 Å². The van der Waals surface area contributed by atoms with Gasteiger partial charge >= 0.3 is 0 Å². The maximum absolute atomic E-state index is 10.6. The van der Waals surface area contributed by atoms with Gasteiger partial charge in [-0.3, -0.25) is 0 Å². The molecule has 0 aliphatic heterocycles. The Morgan fingerprint density at radius 1 is 0.275 bits per heavy atom. The number of phenolic OH excluding ortho intramolecular Hbond substituents is 1. The van der Waals surface area contributed by atoms with Gasteiger partial charge in [-0.15, -0.1) is 0 Å². The molecule has 240 valence electrons. The van der Waals surface area contributed by atoms with E-state index in [0.717, 1.165) is 44.3 Å². The SMILES string of the molecule is Oc1ccc2c(c1)c1cc(-c3ccc4c(c3)c3ccccc3n4-c3ccc(-c4ccccc4)cc3)ccc1n2-c1ccc(-c2ccccc2)cc1. The summed E-state index contributed by atoms with van der Waals surface area (Å²) in [5.74, 6) is 0.261. The summed E-state index contributed by atoms with van der Waals surface area (Å²) < 4.78 is 4.66. The van der Waals surface area contributed by atoms with E-state index in [1.807, 2.05) is 18.2 Å². The quantitative estimate of drug-likeness (QED) is 0.197. The molecule has 8 aromatic carbocycles. The summed E-state index contributed by atoms with van der Waals surface area (Å²) in [4.78, 5) is 0. The van der Waals surface area contributed by atoms with Crippen LogP contribution in [0.2, 0.25) is 0 Å². The minimum atomic E-state index is 0.261. The van der Waals surface area contributed by atoms with Gasteiger partial charge in [-0.2, -0.15) is 0 Å². The highest BCUT2D eigenvalue weighted by Crippen LogP contribution is 2.39. The molecule has 0 bridgehead atoms. The summed E-state index contributed by atoms with van der Waals surface area (Å²) in [6.07, 6.45) is 0. The van der Waals surface area contributed by atoms with Gasteiger partial charge in [0.05, 0.1) is 22.1 Å². The highest BCUT2D eigenvalue weighted by atomic mass is 16.3. The van der Waals surface area contributed by atoms with E-state index >= 15 is 0 Å². The van der Waals surface area contributed by atoms with E-state index in [9.17, 15) is 5.11 Å². The Labute approximate surface area is 295 Å². The lowest BCUT2D eigenvalue weighted by Crippen LogP contribution is -1.94. The third-order valence-electron chi connectivity index (χ3n) is 10.2. The van der Waals surface area contributed by atoms with Gasteiger partial charge in [0.15, 0.2) is 0 Å². The molecule has 3 nitrogen and oxygen atoms in total. The second kappa shape index (κ2) is 11.6. The molecule has 51 heavy (non-hydrogen) atoms. The van der Waals surface area contributed by atoms with Crippen LogP contribution in [0.5, 0.6) is 5.75 Å². The topological polar surface area (TPSA) is 30.1 Å². The number of fused-ring (bicyclic) bond motifs is 6. The number of phenols is 1. The number of hydrogen-bond donors (Lipinski definition) is 1. The third-order valence-corrected chi connectivity index (χ3v) is 10.2. The predicted octanol–water partition coefficient (Wildman–Crippen LogP) is 12.6. The van der Waals surface area contributed by atoms with Crippen molar-refractivity contribution in [3.05, 3.63) is 188 Å². The number of rotatable bonds is 5. The minimum Gasteiger partial charge on any atom is -0.508 e. The maximum Gasteiger partial charge on any atom is 0.116 e. The van der Waals surface area contributed by atoms with Crippen LogP contribution in [0, 0.1) is 0 Å². The van der Waals surface area contributed by atoms with Crippen LogP contribution in [0.15, 0.2) is 188 Å². The Balaban J connectivity index is 1.09. The lowest BCUT2D eigenvalue weighted by atomic mass is 10.0. The third kappa shape index (κ3) is 4.82. The first-order valence-corrected chi connectivity index (χ1v) is 17.3. The minimum absolute atomic E-state index is 0.261. The van der Waals surface area contributed by atoms with Crippen molar-refractivity contribution in [3.63, 3.8) is 0 Å². The van der Waals surface area contributed by atoms with Gasteiger partial charge in [-0.25, -0.2) is 0 Å². The van der Waals surface area contributed by atoms with Crippen molar-refractivity contribution in [2.45, 2.75) is 0 Å². The number of aromatic nitrogens is 2. The first-order valence-electron chi connectivity index (χ1n) is 17.3. The Kier molecular flexibility index (Phi) is 6.65. The first kappa shape index (κ1) is 29.1. The summed E-state index contributed by atoms with van der Waals surface area (Å²) in [5.41, 5.74) is 13.8. The standard InChI is InChI=1S/C48H32N2O/c51-40-25-28-48-44(31-40)43-30-37(20-27-47(43)50(48)39-23-17-35(18-24-39)33-11-5-2-6-12-33)36-19-26-46-42(29-36)41-13-7-8-14-45(41)49(46)38-21-15-34(16-22-38)32-9-3-1-4-10-32/h1-31,51H. The monoisotopic (exact) mass is 652 g/mol. The molecule has 0 unspecified atom stereocenters. The van der Waals surface area contributed by atoms with Crippen LogP contribution in [0.1, 0.15) is 0 Å². The summed E-state index contributed by atoms with van der Waals surface area (Å²) in [6, 6.07) is 66.4. The number of para-hydroxylation sites is 1. The second-order valence-corrected chi connectivity index (χ2v) is 13.2. The number of nitrogens with zero attached hydrogens (tertiary/aromatic N) is 2. The molecule has 0 spiro atoms. The van der Waals surface area contributed by atoms with E-state index < -0.39 is 0 Å². The van der Waals surface area contributed by atoms with E-state index in [4.69, 9.17) is 0 Å². The van der Waals surface area contributed by atoms with Crippen molar-refractivity contribution in [1.29, 1.82) is 0 Å². The fraction of sp³-hybridized carbons (Fsp3) is 0. The molecular formula is C48H32N2O. The van der Waals surface area contributed by atoms with Crippen molar-refractivity contribution >= 4 is 43.6 Å². The highest BCUT2D eigenvalue weighted by molar-refractivity contribution is 6.13. The van der Waals surface area contributed by atoms with Crippen LogP contribution in [0.25, 0.3) is 88.4 Å². The molecule has 0 amide bonds. The van der Waals surface area contributed by atoms with Gasteiger partial charge in [0, 0.05) is 32.9 Å². The van der Waals surface area contributed by atoms with Crippen LogP contribution in [-0.4, -0.2) is 14.2 Å². The van der Waals surface area contributed by atoms with E-state index in [2.05, 4.69) is 173 Å². The molecule has 0 aliphatic rings. The molecule has 3 heteroatoms. The van der Waals surface area contributed by atoms with Crippen molar-refractivity contribution in [2.75, 3.05) is 0 Å². The van der Waals surface area contributed by atoms with Gasteiger partial charge in [-0.05, 0) is 106 Å². The largest absolute Gasteiger partial charge is 0.508 e. The Hall–Kier alpha value is -6.84. The van der Waals surface area contributed by atoms with Crippen molar-refractivity contribution in [3.8, 4) is 50.5 Å². The second-order valence-electron chi connectivity index (χ2n) is 13.2. The van der Waals surface area contributed by atoms with E-state index in [-0.39, 0.29) is 5.75 Å². The van der Waals surface area contributed by atoms with Crippen LogP contribution < -0.4 is 0 Å². The zero-order chi connectivity index (χ0) is 33.9. The average molecular weight is 653 g/mol. The van der Waals surface area contributed by atoms with Gasteiger partial charge < -0.3 is 14.2 Å². The molecule has 10 rings (SSSR count). The molecule has 0 fully saturated rings. The Morgan fingerprint density at radius 3 is 1.18 bits per heavy atom. The molecule has 2 aromatic heterocycles. The summed E-state index contributed by atoms with van der Waals surface area (Å²) >= 11 is 0. The van der Waals surface area contributed by atoms with Crippen LogP contribution in [-0.2, 0) is 0 Å². The molecule has 0 atom stereocenters. The summed E-state index contributed by atoms with van der Waals surface area (Å²) in [7, 11) is 0. The van der Waals surface area contributed by atoms with Crippen molar-refractivity contribution < 1.29 is 5.11 Å². The van der Waals surface area contributed by atoms with E-state index in [1.165, 1.54) is 44.1 Å². The zero-order valence-corrected chi connectivity index (χ0v) is 27.7. The first-order chi connectivity index (χ1) is 25.2. The molecular weight excluding hydrogens is 621 g/mol. The Morgan fingerprint density at radius 2 is 0.647 bits per heavy atom. The summed E-state index contributed by atoms with van der Waals surface area (Å²) in [5, 5.41) is 15.2. The summed E-state index contributed by atoms with van der Waals surface area (Å²) in [6.45, 7) is 0. The van der Waals surface area contributed by atoms with Crippen LogP contribution in [0.3, 0.4) is 0 Å². The maximum atomic E-state index is 10.6. The molecule has 0 saturated heterocycles. The number of hydrogen-bond acceptors (Lipinski definition) is 1. The van der Waals surface area contributed by atoms with Gasteiger partial charge in [0.1, 0.15) is 5.75 Å². The number of aromatic hydroxyl groups is 1. The van der Waals surface area contributed by atoms with Crippen molar-refractivity contribution in [1.82, 2.24) is 9.13 Å². The van der Waals surface area contributed by atoms with Crippen LogP contribution in [0.4, 0.5) is 0 Å². The molecule has 0 radical (unpaired) electrons. The van der Waals surface area contributed by atoms with Gasteiger partial charge in [0.25, 0.3) is 0 Å². The fourth-order valence-electron chi connectivity index (χ4n) is 7.77. The molecule has 10 aromatic rings. The Bertz CT molecular complexity index is 2880. The normalized spacial score (nSPS) is 11.6. The zero-order valence-electron chi connectivity index (χ0n) is 27.7. The average Bonchev–Trinajstić information content (AvgIpc) is 3.70. The van der Waals surface area contributed by atoms with Crippen LogP contribution >= 0.6 is 0 Å². The smallest absolute Gasteiger partial charge is 0.116 e. The lowest BCUT2D eigenvalue weighted by molar-refractivity contribution is 0.476. The lowest BCUT2D eigenvalue weighted by Gasteiger charge is -2.11. The molecule has 0 aliphatic carbocycles. The fourth-order valence-corrected chi connectivity index (χ4v) is 7.77. The highest BCUT2D eigenvalue weighted by Gasteiger charge is 2.17. The van der Waals surface area contributed by atoms with Crippen molar-refractivity contribution in [2.24, 2.45) is 0 Å². The van der Waals surface area contributed by atoms with E-state index in [1.54, 1.807) is 6.07 Å².